The highest BCUT2D eigenvalue weighted by molar-refractivity contribution is 7.89. The molecule has 0 bridgehead atoms. The van der Waals surface area contributed by atoms with Crippen LogP contribution >= 0.6 is 0 Å². The van der Waals surface area contributed by atoms with E-state index in [-0.39, 0.29) is 23.9 Å². The van der Waals surface area contributed by atoms with Crippen LogP contribution < -0.4 is 15.2 Å². The molecule has 140 valence electrons. The van der Waals surface area contributed by atoms with Crippen LogP contribution in [0.1, 0.15) is 11.1 Å². The Morgan fingerprint density at radius 3 is 2.22 bits per heavy atom. The topological polar surface area (TPSA) is 81.4 Å². The predicted octanol–water partition coefficient (Wildman–Crippen LogP) is 3.47. The minimum Gasteiger partial charge on any atom is -0.488 e. The van der Waals surface area contributed by atoms with Crippen molar-refractivity contribution in [2.45, 2.75) is 18.0 Å². The molecular formula is C20H19FN2O3S. The highest BCUT2D eigenvalue weighted by atomic mass is 32.2. The number of halogens is 1. The molecule has 0 fully saturated rings. The summed E-state index contributed by atoms with van der Waals surface area (Å²) in [5.41, 5.74) is 7.15. The lowest BCUT2D eigenvalue weighted by molar-refractivity contribution is 0.296. The van der Waals surface area contributed by atoms with Crippen LogP contribution in [0.3, 0.4) is 0 Å². The van der Waals surface area contributed by atoms with Crippen LogP contribution in [-0.4, -0.2) is 8.42 Å². The van der Waals surface area contributed by atoms with Crippen molar-refractivity contribution in [3.8, 4) is 5.75 Å². The molecule has 3 aromatic rings. The third-order valence-electron chi connectivity index (χ3n) is 3.96. The Bertz CT molecular complexity index is 1020. The van der Waals surface area contributed by atoms with Crippen molar-refractivity contribution in [1.82, 2.24) is 4.72 Å². The third-order valence-corrected chi connectivity index (χ3v) is 5.37. The maximum absolute atomic E-state index is 13.7. The van der Waals surface area contributed by atoms with Gasteiger partial charge >= 0.3 is 0 Å². The van der Waals surface area contributed by atoms with Crippen molar-refractivity contribution in [2.75, 3.05) is 5.73 Å². The molecule has 0 atom stereocenters. The van der Waals surface area contributed by atoms with Gasteiger partial charge in [-0.2, -0.15) is 0 Å². The monoisotopic (exact) mass is 386 g/mol. The van der Waals surface area contributed by atoms with E-state index in [2.05, 4.69) is 4.72 Å². The van der Waals surface area contributed by atoms with Crippen LogP contribution in [0.4, 0.5) is 10.1 Å². The summed E-state index contributed by atoms with van der Waals surface area (Å²) < 4.78 is 46.8. The molecule has 0 unspecified atom stereocenters. The molecule has 3 N–H and O–H groups in total. The number of nitrogens with two attached hydrogens (primary N) is 1. The zero-order valence-electron chi connectivity index (χ0n) is 14.4. The first kappa shape index (κ1) is 18.9. The molecule has 0 amide bonds. The fourth-order valence-electron chi connectivity index (χ4n) is 2.46. The number of hydrogen-bond donors (Lipinski definition) is 2. The van der Waals surface area contributed by atoms with Gasteiger partial charge in [0.2, 0.25) is 10.0 Å². The maximum atomic E-state index is 13.7. The van der Waals surface area contributed by atoms with E-state index in [9.17, 15) is 12.8 Å². The number of anilines is 1. The van der Waals surface area contributed by atoms with Crippen LogP contribution in [0.5, 0.6) is 5.75 Å². The van der Waals surface area contributed by atoms with Crippen molar-refractivity contribution in [3.05, 3.63) is 89.7 Å². The molecule has 3 aromatic carbocycles. The minimum atomic E-state index is -3.69. The summed E-state index contributed by atoms with van der Waals surface area (Å²) >= 11 is 0. The number of hydrogen-bond acceptors (Lipinski definition) is 4. The van der Waals surface area contributed by atoms with Gasteiger partial charge in [-0.05, 0) is 36.4 Å². The zero-order chi connectivity index (χ0) is 19.3. The Labute approximate surface area is 157 Å². The molecule has 0 radical (unpaired) electrons. The van der Waals surface area contributed by atoms with Gasteiger partial charge in [-0.25, -0.2) is 17.5 Å². The summed E-state index contributed by atoms with van der Waals surface area (Å²) in [6.45, 7) is 0.0918. The van der Waals surface area contributed by atoms with Gasteiger partial charge in [0, 0.05) is 23.4 Å². The summed E-state index contributed by atoms with van der Waals surface area (Å²) in [4.78, 5) is 0.126. The quantitative estimate of drug-likeness (QED) is 0.609. The number of nitrogens with one attached hydrogen (secondary N) is 1. The fourth-order valence-corrected chi connectivity index (χ4v) is 3.47. The van der Waals surface area contributed by atoms with Gasteiger partial charge in [-0.1, -0.05) is 36.4 Å². The number of rotatable bonds is 7. The molecule has 0 spiro atoms. The molecule has 27 heavy (non-hydrogen) atoms. The van der Waals surface area contributed by atoms with E-state index in [0.717, 1.165) is 0 Å². The second-order valence-corrected chi connectivity index (χ2v) is 7.65. The predicted molar refractivity (Wildman–Crippen MR) is 102 cm³/mol. The van der Waals surface area contributed by atoms with E-state index in [4.69, 9.17) is 10.5 Å². The molecule has 3 rings (SSSR count). The van der Waals surface area contributed by atoms with Gasteiger partial charge in [0.05, 0.1) is 4.90 Å². The standard InChI is InChI=1S/C20H19FN2O3S/c21-19-7-3-1-6-16(19)14-26-20-8-4-2-5-15(20)13-23-27(24,25)18-11-9-17(22)10-12-18/h1-12,23H,13-14,22H2. The number of benzene rings is 3. The number of para-hydroxylation sites is 1. The molecule has 5 nitrogen and oxygen atoms in total. The molecule has 7 heteroatoms. The summed E-state index contributed by atoms with van der Waals surface area (Å²) in [6, 6.07) is 19.3. The van der Waals surface area contributed by atoms with E-state index in [1.807, 2.05) is 0 Å². The Kier molecular flexibility index (Phi) is 5.73. The number of nitrogen functional groups attached to an aromatic ring is 1. The highest BCUT2D eigenvalue weighted by Crippen LogP contribution is 2.21. The molecular weight excluding hydrogens is 367 g/mol. The lowest BCUT2D eigenvalue weighted by Crippen LogP contribution is -2.23. The zero-order valence-corrected chi connectivity index (χ0v) is 15.2. The van der Waals surface area contributed by atoms with Gasteiger partial charge in [0.1, 0.15) is 18.2 Å². The Morgan fingerprint density at radius 1 is 0.889 bits per heavy atom. The van der Waals surface area contributed by atoms with Crippen molar-refractivity contribution in [1.29, 1.82) is 0 Å². The Morgan fingerprint density at radius 2 is 1.52 bits per heavy atom. The molecule has 0 saturated heterocycles. The largest absolute Gasteiger partial charge is 0.488 e. The third kappa shape index (κ3) is 4.84. The van der Waals surface area contributed by atoms with E-state index in [1.165, 1.54) is 30.3 Å². The summed E-state index contributed by atoms with van der Waals surface area (Å²) in [5.74, 6) is 0.139. The van der Waals surface area contributed by atoms with Crippen LogP contribution in [0.2, 0.25) is 0 Å². The first-order valence-corrected chi connectivity index (χ1v) is 9.73. The van der Waals surface area contributed by atoms with Gasteiger partial charge in [-0.15, -0.1) is 0 Å². The summed E-state index contributed by atoms with van der Waals surface area (Å²) in [5, 5.41) is 0. The van der Waals surface area contributed by atoms with E-state index < -0.39 is 10.0 Å². The number of sulfonamides is 1. The SMILES string of the molecule is Nc1ccc(S(=O)(=O)NCc2ccccc2OCc2ccccc2F)cc1. The second-order valence-electron chi connectivity index (χ2n) is 5.88. The summed E-state index contributed by atoms with van der Waals surface area (Å²) in [6.07, 6.45) is 0. The van der Waals surface area contributed by atoms with Crippen LogP contribution in [0.25, 0.3) is 0 Å². The molecule has 0 aliphatic heterocycles. The van der Waals surface area contributed by atoms with E-state index >= 15 is 0 Å². The Balaban J connectivity index is 1.70. The molecule has 0 saturated carbocycles. The lowest BCUT2D eigenvalue weighted by atomic mass is 10.2. The molecule has 0 aliphatic carbocycles. The van der Waals surface area contributed by atoms with Crippen molar-refractivity contribution in [2.24, 2.45) is 0 Å². The van der Waals surface area contributed by atoms with Gasteiger partial charge < -0.3 is 10.5 Å². The lowest BCUT2D eigenvalue weighted by Gasteiger charge is -2.13. The van der Waals surface area contributed by atoms with Crippen LogP contribution in [0, 0.1) is 5.82 Å². The average molecular weight is 386 g/mol. The van der Waals surface area contributed by atoms with Gasteiger partial charge in [0.15, 0.2) is 0 Å². The number of ether oxygens (including phenoxy) is 1. The van der Waals surface area contributed by atoms with E-state index in [1.54, 1.807) is 42.5 Å². The molecule has 0 aromatic heterocycles. The highest BCUT2D eigenvalue weighted by Gasteiger charge is 2.15. The van der Waals surface area contributed by atoms with Crippen molar-refractivity contribution in [3.63, 3.8) is 0 Å². The first-order valence-electron chi connectivity index (χ1n) is 8.25. The van der Waals surface area contributed by atoms with Crippen molar-refractivity contribution >= 4 is 15.7 Å². The minimum absolute atomic E-state index is 0.0418. The maximum Gasteiger partial charge on any atom is 0.240 e. The first-order chi connectivity index (χ1) is 13.0. The molecule has 0 heterocycles. The van der Waals surface area contributed by atoms with E-state index in [0.29, 0.717) is 22.6 Å². The molecule has 0 aliphatic rings. The van der Waals surface area contributed by atoms with Gasteiger partial charge in [0.25, 0.3) is 0 Å². The van der Waals surface area contributed by atoms with Crippen molar-refractivity contribution < 1.29 is 17.5 Å². The fraction of sp³-hybridized carbons (Fsp3) is 0.100. The van der Waals surface area contributed by atoms with Crippen LogP contribution in [-0.2, 0) is 23.2 Å². The summed E-state index contributed by atoms with van der Waals surface area (Å²) in [7, 11) is -3.69. The van der Waals surface area contributed by atoms with Gasteiger partial charge in [-0.3, -0.25) is 0 Å². The Hall–Kier alpha value is -2.90. The van der Waals surface area contributed by atoms with Crippen LogP contribution in [0.15, 0.2) is 77.7 Å². The second kappa shape index (κ2) is 8.20. The normalized spacial score (nSPS) is 11.3. The average Bonchev–Trinajstić information content (AvgIpc) is 2.67. The smallest absolute Gasteiger partial charge is 0.240 e.